The number of hydrogen-bond donors (Lipinski definition) is 1. The van der Waals surface area contributed by atoms with Crippen LogP contribution in [0.1, 0.15) is 31.0 Å². The van der Waals surface area contributed by atoms with Gasteiger partial charge >= 0.3 is 0 Å². The highest BCUT2D eigenvalue weighted by Gasteiger charge is 2.21. The highest BCUT2D eigenvalue weighted by atomic mass is 19.1. The van der Waals surface area contributed by atoms with E-state index in [1.807, 2.05) is 44.0 Å². The van der Waals surface area contributed by atoms with Crippen molar-refractivity contribution < 1.29 is 18.7 Å². The van der Waals surface area contributed by atoms with Gasteiger partial charge < -0.3 is 14.8 Å². The molecule has 0 saturated carbocycles. The molecule has 0 spiro atoms. The van der Waals surface area contributed by atoms with E-state index in [-0.39, 0.29) is 23.8 Å². The van der Waals surface area contributed by atoms with Crippen molar-refractivity contribution in [1.82, 2.24) is 10.2 Å². The highest BCUT2D eigenvalue weighted by Crippen LogP contribution is 2.31. The third kappa shape index (κ3) is 4.77. The Morgan fingerprint density at radius 1 is 1.11 bits per heavy atom. The van der Waals surface area contributed by atoms with Crippen molar-refractivity contribution in [2.75, 3.05) is 20.3 Å². The molecule has 144 valence electrons. The number of amides is 1. The molecule has 1 aliphatic heterocycles. The summed E-state index contributed by atoms with van der Waals surface area (Å²) in [6.07, 6.45) is 0. The zero-order chi connectivity index (χ0) is 19.4. The zero-order valence-electron chi connectivity index (χ0n) is 15.9. The fourth-order valence-corrected chi connectivity index (χ4v) is 2.98. The maximum atomic E-state index is 13.0. The van der Waals surface area contributed by atoms with E-state index in [9.17, 15) is 9.18 Å². The van der Waals surface area contributed by atoms with Gasteiger partial charge in [-0.15, -0.1) is 0 Å². The van der Waals surface area contributed by atoms with Crippen LogP contribution in [0.15, 0.2) is 42.5 Å². The first-order valence-corrected chi connectivity index (χ1v) is 9.08. The number of likely N-dealkylation sites (N-methyl/N-ethyl adjacent to an activating group) is 1. The van der Waals surface area contributed by atoms with E-state index in [0.717, 1.165) is 22.6 Å². The van der Waals surface area contributed by atoms with Crippen molar-refractivity contribution in [2.45, 2.75) is 32.5 Å². The Bertz CT molecular complexity index is 795. The zero-order valence-corrected chi connectivity index (χ0v) is 15.9. The van der Waals surface area contributed by atoms with Crippen molar-refractivity contribution in [3.8, 4) is 11.5 Å². The van der Waals surface area contributed by atoms with Crippen LogP contribution >= 0.6 is 0 Å². The molecule has 1 aliphatic rings. The Hall–Kier alpha value is -2.60. The Morgan fingerprint density at radius 3 is 2.48 bits per heavy atom. The first-order chi connectivity index (χ1) is 12.9. The summed E-state index contributed by atoms with van der Waals surface area (Å²) in [5.41, 5.74) is 1.92. The minimum absolute atomic E-state index is 0.0770. The lowest BCUT2D eigenvalue weighted by atomic mass is 10.1. The summed E-state index contributed by atoms with van der Waals surface area (Å²) in [6, 6.07) is 11.5. The second-order valence-electron chi connectivity index (χ2n) is 6.85. The molecule has 1 amide bonds. The molecular weight excluding hydrogens is 347 g/mol. The highest BCUT2D eigenvalue weighted by molar-refractivity contribution is 5.81. The van der Waals surface area contributed by atoms with Gasteiger partial charge in [0.05, 0.1) is 12.1 Å². The molecule has 0 bridgehead atoms. The van der Waals surface area contributed by atoms with Crippen LogP contribution < -0.4 is 14.8 Å². The van der Waals surface area contributed by atoms with Crippen LogP contribution in [0.25, 0.3) is 0 Å². The summed E-state index contributed by atoms with van der Waals surface area (Å²) < 4.78 is 24.2. The molecule has 2 aromatic carbocycles. The topological polar surface area (TPSA) is 50.8 Å². The molecule has 6 heteroatoms. The Kier molecular flexibility index (Phi) is 5.96. The molecule has 0 fully saturated rings. The Balaban J connectivity index is 1.58. The van der Waals surface area contributed by atoms with E-state index < -0.39 is 0 Å². The van der Waals surface area contributed by atoms with Gasteiger partial charge in [-0.3, -0.25) is 9.69 Å². The number of carbonyl (C=O) groups excluding carboxylic acids is 1. The van der Waals surface area contributed by atoms with Crippen LogP contribution in [0.4, 0.5) is 4.39 Å². The normalized spacial score (nSPS) is 15.3. The van der Waals surface area contributed by atoms with E-state index >= 15 is 0 Å². The summed E-state index contributed by atoms with van der Waals surface area (Å²) in [4.78, 5) is 14.6. The SMILES string of the molecule is C[C@H](C(=O)N[C@H](C)c1ccc(F)cc1)N(C)Cc1ccc2c(c1)OCCO2. The lowest BCUT2D eigenvalue weighted by Gasteiger charge is -2.26. The summed E-state index contributed by atoms with van der Waals surface area (Å²) in [6.45, 7) is 5.47. The first-order valence-electron chi connectivity index (χ1n) is 9.08. The van der Waals surface area contributed by atoms with E-state index in [4.69, 9.17) is 9.47 Å². The van der Waals surface area contributed by atoms with Gasteiger partial charge in [-0.1, -0.05) is 18.2 Å². The van der Waals surface area contributed by atoms with Crippen molar-refractivity contribution >= 4 is 5.91 Å². The van der Waals surface area contributed by atoms with Crippen LogP contribution in [-0.2, 0) is 11.3 Å². The van der Waals surface area contributed by atoms with Gasteiger partial charge in [0, 0.05) is 6.54 Å². The molecule has 0 aromatic heterocycles. The number of benzene rings is 2. The summed E-state index contributed by atoms with van der Waals surface area (Å²) in [5, 5.41) is 2.98. The first kappa shape index (κ1) is 19.2. The largest absolute Gasteiger partial charge is 0.486 e. The van der Waals surface area contributed by atoms with E-state index in [1.54, 1.807) is 12.1 Å². The Morgan fingerprint density at radius 2 is 1.78 bits per heavy atom. The van der Waals surface area contributed by atoms with E-state index in [2.05, 4.69) is 5.32 Å². The van der Waals surface area contributed by atoms with E-state index in [1.165, 1.54) is 12.1 Å². The fraction of sp³-hybridized carbons (Fsp3) is 0.381. The summed E-state index contributed by atoms with van der Waals surface area (Å²) in [5.74, 6) is 1.14. The van der Waals surface area contributed by atoms with Gasteiger partial charge in [0.1, 0.15) is 19.0 Å². The monoisotopic (exact) mass is 372 g/mol. The minimum Gasteiger partial charge on any atom is -0.486 e. The molecule has 3 rings (SSSR count). The quantitative estimate of drug-likeness (QED) is 0.845. The second-order valence-corrected chi connectivity index (χ2v) is 6.85. The molecule has 0 saturated heterocycles. The van der Waals surface area contributed by atoms with Crippen LogP contribution in [0.2, 0.25) is 0 Å². The third-order valence-corrected chi connectivity index (χ3v) is 4.81. The van der Waals surface area contributed by atoms with Gasteiger partial charge in [-0.25, -0.2) is 4.39 Å². The van der Waals surface area contributed by atoms with Crippen LogP contribution in [-0.4, -0.2) is 37.1 Å². The number of ether oxygens (including phenoxy) is 2. The molecule has 27 heavy (non-hydrogen) atoms. The van der Waals surface area contributed by atoms with Crippen molar-refractivity contribution in [2.24, 2.45) is 0 Å². The fourth-order valence-electron chi connectivity index (χ4n) is 2.98. The predicted molar refractivity (Wildman–Crippen MR) is 101 cm³/mol. The number of carbonyl (C=O) groups is 1. The summed E-state index contributed by atoms with van der Waals surface area (Å²) in [7, 11) is 1.91. The minimum atomic E-state index is -0.318. The number of rotatable bonds is 6. The molecule has 2 atom stereocenters. The lowest BCUT2D eigenvalue weighted by molar-refractivity contribution is -0.126. The summed E-state index contributed by atoms with van der Waals surface area (Å²) >= 11 is 0. The molecule has 2 aromatic rings. The van der Waals surface area contributed by atoms with Crippen LogP contribution in [0, 0.1) is 5.82 Å². The molecule has 0 radical (unpaired) electrons. The lowest BCUT2D eigenvalue weighted by Crippen LogP contribution is -2.43. The van der Waals surface area contributed by atoms with Gasteiger partial charge in [-0.2, -0.15) is 0 Å². The molecule has 0 aliphatic carbocycles. The number of nitrogens with one attached hydrogen (secondary N) is 1. The third-order valence-electron chi connectivity index (χ3n) is 4.81. The Labute approximate surface area is 159 Å². The standard InChI is InChI=1S/C21H25FN2O3/c1-14(17-5-7-18(22)8-6-17)23-21(25)15(2)24(3)13-16-4-9-19-20(12-16)27-11-10-26-19/h4-9,12,14-15H,10-11,13H2,1-3H3,(H,23,25)/t14-,15-/m1/s1. The second kappa shape index (κ2) is 8.39. The van der Waals surface area contributed by atoms with Crippen molar-refractivity contribution in [1.29, 1.82) is 0 Å². The van der Waals surface area contributed by atoms with Crippen LogP contribution in [0.5, 0.6) is 11.5 Å². The number of nitrogens with zero attached hydrogens (tertiary/aromatic N) is 1. The van der Waals surface area contributed by atoms with Crippen molar-refractivity contribution in [3.63, 3.8) is 0 Å². The molecule has 5 nitrogen and oxygen atoms in total. The van der Waals surface area contributed by atoms with Gasteiger partial charge in [0.25, 0.3) is 0 Å². The smallest absolute Gasteiger partial charge is 0.237 e. The molecule has 1 heterocycles. The van der Waals surface area contributed by atoms with Gasteiger partial charge in [0.15, 0.2) is 11.5 Å². The number of halogens is 1. The maximum absolute atomic E-state index is 13.0. The molecular formula is C21H25FN2O3. The van der Waals surface area contributed by atoms with Crippen molar-refractivity contribution in [3.05, 3.63) is 59.4 Å². The predicted octanol–water partition coefficient (Wildman–Crippen LogP) is 3.29. The van der Waals surface area contributed by atoms with Gasteiger partial charge in [-0.05, 0) is 56.3 Å². The average molecular weight is 372 g/mol. The maximum Gasteiger partial charge on any atom is 0.237 e. The van der Waals surface area contributed by atoms with Gasteiger partial charge in [0.2, 0.25) is 5.91 Å². The molecule has 1 N–H and O–H groups in total. The van der Waals surface area contributed by atoms with Crippen LogP contribution in [0.3, 0.4) is 0 Å². The number of fused-ring (bicyclic) bond motifs is 1. The number of hydrogen-bond acceptors (Lipinski definition) is 4. The van der Waals surface area contributed by atoms with E-state index in [0.29, 0.717) is 19.8 Å². The average Bonchev–Trinajstić information content (AvgIpc) is 2.67. The molecule has 0 unspecified atom stereocenters.